The fourth-order valence-electron chi connectivity index (χ4n) is 2.54. The zero-order chi connectivity index (χ0) is 15.2. The van der Waals surface area contributed by atoms with E-state index in [1.54, 1.807) is 0 Å². The number of hydrogen-bond donors (Lipinski definition) is 2. The standard InChI is InChI=1S/C15H22ClN3O2/c1-18-7-8-19(10-12-4-2-3-5-13(12)16)14(11-18)15(21)17-6-9-20/h2-5,14,20H,6-11H2,1H3,(H,17,21). The second-order valence-electron chi connectivity index (χ2n) is 5.35. The molecule has 1 atom stereocenters. The topological polar surface area (TPSA) is 55.8 Å². The van der Waals surface area contributed by atoms with Gasteiger partial charge in [0.05, 0.1) is 6.61 Å². The molecule has 1 fully saturated rings. The molecule has 1 heterocycles. The zero-order valence-electron chi connectivity index (χ0n) is 12.3. The van der Waals surface area contributed by atoms with Crippen molar-refractivity contribution in [2.45, 2.75) is 12.6 Å². The molecule has 1 aliphatic heterocycles. The van der Waals surface area contributed by atoms with E-state index in [0.717, 1.165) is 23.7 Å². The highest BCUT2D eigenvalue weighted by Crippen LogP contribution is 2.20. The summed E-state index contributed by atoms with van der Waals surface area (Å²) in [5, 5.41) is 12.3. The first-order valence-corrected chi connectivity index (χ1v) is 7.54. The van der Waals surface area contributed by atoms with E-state index in [2.05, 4.69) is 15.1 Å². The number of likely N-dealkylation sites (N-methyl/N-ethyl adjacent to an activating group) is 1. The van der Waals surface area contributed by atoms with Crippen LogP contribution in [0.4, 0.5) is 0 Å². The van der Waals surface area contributed by atoms with Crippen molar-refractivity contribution in [3.05, 3.63) is 34.9 Å². The maximum absolute atomic E-state index is 12.3. The highest BCUT2D eigenvalue weighted by atomic mass is 35.5. The summed E-state index contributed by atoms with van der Waals surface area (Å²) >= 11 is 6.21. The lowest BCUT2D eigenvalue weighted by molar-refractivity contribution is -0.129. The van der Waals surface area contributed by atoms with Gasteiger partial charge in [0.1, 0.15) is 6.04 Å². The number of hydrogen-bond acceptors (Lipinski definition) is 4. The second kappa shape index (κ2) is 7.75. The number of rotatable bonds is 5. The van der Waals surface area contributed by atoms with E-state index in [1.165, 1.54) is 0 Å². The van der Waals surface area contributed by atoms with Gasteiger partial charge in [0, 0.05) is 37.7 Å². The summed E-state index contributed by atoms with van der Waals surface area (Å²) in [4.78, 5) is 16.6. The molecular weight excluding hydrogens is 290 g/mol. The molecule has 1 amide bonds. The van der Waals surface area contributed by atoms with Crippen molar-refractivity contribution in [2.75, 3.05) is 39.8 Å². The van der Waals surface area contributed by atoms with E-state index >= 15 is 0 Å². The van der Waals surface area contributed by atoms with Crippen LogP contribution in [0.1, 0.15) is 5.56 Å². The maximum atomic E-state index is 12.3. The van der Waals surface area contributed by atoms with Crippen molar-refractivity contribution in [2.24, 2.45) is 0 Å². The van der Waals surface area contributed by atoms with Gasteiger partial charge in [-0.2, -0.15) is 0 Å². The average molecular weight is 312 g/mol. The van der Waals surface area contributed by atoms with Gasteiger partial charge in [-0.1, -0.05) is 29.8 Å². The fourth-order valence-corrected chi connectivity index (χ4v) is 2.73. The number of amides is 1. The van der Waals surface area contributed by atoms with Crippen LogP contribution in [0.5, 0.6) is 0 Å². The Kier molecular flexibility index (Phi) is 5.99. The molecule has 0 aromatic heterocycles. The van der Waals surface area contributed by atoms with Gasteiger partial charge >= 0.3 is 0 Å². The Morgan fingerprint density at radius 1 is 1.43 bits per heavy atom. The Balaban J connectivity index is 2.07. The van der Waals surface area contributed by atoms with Crippen LogP contribution in [0.2, 0.25) is 5.02 Å². The number of halogens is 1. The van der Waals surface area contributed by atoms with Crippen molar-refractivity contribution < 1.29 is 9.90 Å². The second-order valence-corrected chi connectivity index (χ2v) is 5.76. The van der Waals surface area contributed by atoms with E-state index in [0.29, 0.717) is 19.6 Å². The van der Waals surface area contributed by atoms with Gasteiger partial charge in [-0.25, -0.2) is 0 Å². The molecule has 2 N–H and O–H groups in total. The normalized spacial score (nSPS) is 20.4. The molecule has 1 unspecified atom stereocenters. The van der Waals surface area contributed by atoms with Crippen molar-refractivity contribution >= 4 is 17.5 Å². The summed E-state index contributed by atoms with van der Waals surface area (Å²) in [6, 6.07) is 7.50. The monoisotopic (exact) mass is 311 g/mol. The molecular formula is C15H22ClN3O2. The van der Waals surface area contributed by atoms with Gasteiger partial charge in [0.15, 0.2) is 0 Å². The molecule has 5 nitrogen and oxygen atoms in total. The summed E-state index contributed by atoms with van der Waals surface area (Å²) < 4.78 is 0. The Bertz CT molecular complexity index is 484. The first-order valence-electron chi connectivity index (χ1n) is 7.16. The van der Waals surface area contributed by atoms with Crippen LogP contribution in [0.3, 0.4) is 0 Å². The number of benzene rings is 1. The van der Waals surface area contributed by atoms with Crippen LogP contribution in [0.15, 0.2) is 24.3 Å². The minimum atomic E-state index is -0.216. The predicted molar refractivity (Wildman–Crippen MR) is 83.2 cm³/mol. The minimum absolute atomic E-state index is 0.0392. The Morgan fingerprint density at radius 3 is 2.90 bits per heavy atom. The van der Waals surface area contributed by atoms with Crippen LogP contribution in [-0.2, 0) is 11.3 Å². The fraction of sp³-hybridized carbons (Fsp3) is 0.533. The van der Waals surface area contributed by atoms with Crippen LogP contribution < -0.4 is 5.32 Å². The van der Waals surface area contributed by atoms with Gasteiger partial charge in [0.25, 0.3) is 0 Å². The molecule has 1 aliphatic rings. The van der Waals surface area contributed by atoms with Gasteiger partial charge in [-0.3, -0.25) is 9.69 Å². The summed E-state index contributed by atoms with van der Waals surface area (Å²) in [6.45, 7) is 3.33. The molecule has 6 heteroatoms. The first-order chi connectivity index (χ1) is 10.1. The third-order valence-electron chi connectivity index (χ3n) is 3.74. The average Bonchev–Trinajstić information content (AvgIpc) is 2.48. The van der Waals surface area contributed by atoms with E-state index < -0.39 is 0 Å². The number of nitrogens with zero attached hydrogens (tertiary/aromatic N) is 2. The molecule has 0 aliphatic carbocycles. The lowest BCUT2D eigenvalue weighted by Gasteiger charge is -2.39. The quantitative estimate of drug-likeness (QED) is 0.834. The number of carbonyl (C=O) groups is 1. The third-order valence-corrected chi connectivity index (χ3v) is 4.11. The van der Waals surface area contributed by atoms with Crippen LogP contribution in [-0.4, -0.2) is 66.7 Å². The van der Waals surface area contributed by atoms with Crippen molar-refractivity contribution in [1.82, 2.24) is 15.1 Å². The molecule has 1 aromatic carbocycles. The minimum Gasteiger partial charge on any atom is -0.395 e. The summed E-state index contributed by atoms with van der Waals surface area (Å²) in [7, 11) is 2.01. The Labute approximate surface area is 130 Å². The van der Waals surface area contributed by atoms with Gasteiger partial charge in [0.2, 0.25) is 5.91 Å². The summed E-state index contributed by atoms with van der Waals surface area (Å²) in [5.41, 5.74) is 1.03. The van der Waals surface area contributed by atoms with E-state index in [-0.39, 0.29) is 18.6 Å². The predicted octanol–water partition coefficient (Wildman–Crippen LogP) is 0.564. The molecule has 0 radical (unpaired) electrons. The number of aliphatic hydroxyl groups excluding tert-OH is 1. The van der Waals surface area contributed by atoms with Crippen LogP contribution in [0, 0.1) is 0 Å². The first kappa shape index (κ1) is 16.2. The number of piperazine rings is 1. The Hall–Kier alpha value is -1.14. The van der Waals surface area contributed by atoms with E-state index in [4.69, 9.17) is 16.7 Å². The lowest BCUT2D eigenvalue weighted by Crippen LogP contribution is -2.57. The molecule has 2 rings (SSSR count). The molecule has 21 heavy (non-hydrogen) atoms. The van der Waals surface area contributed by atoms with Crippen molar-refractivity contribution in [3.8, 4) is 0 Å². The molecule has 0 spiro atoms. The molecule has 0 saturated carbocycles. The zero-order valence-corrected chi connectivity index (χ0v) is 13.0. The van der Waals surface area contributed by atoms with Gasteiger partial charge in [-0.05, 0) is 18.7 Å². The molecule has 1 aromatic rings. The highest BCUT2D eigenvalue weighted by Gasteiger charge is 2.31. The molecule has 116 valence electrons. The number of nitrogens with one attached hydrogen (secondary N) is 1. The van der Waals surface area contributed by atoms with Crippen molar-refractivity contribution in [3.63, 3.8) is 0 Å². The maximum Gasteiger partial charge on any atom is 0.238 e. The van der Waals surface area contributed by atoms with Crippen LogP contribution >= 0.6 is 11.6 Å². The third kappa shape index (κ3) is 4.41. The SMILES string of the molecule is CN1CCN(Cc2ccccc2Cl)C(C(=O)NCCO)C1. The van der Waals surface area contributed by atoms with Gasteiger partial charge < -0.3 is 15.3 Å². The highest BCUT2D eigenvalue weighted by molar-refractivity contribution is 6.31. The Morgan fingerprint density at radius 2 is 2.19 bits per heavy atom. The van der Waals surface area contributed by atoms with Crippen LogP contribution in [0.25, 0.3) is 0 Å². The van der Waals surface area contributed by atoms with Crippen molar-refractivity contribution in [1.29, 1.82) is 0 Å². The number of carbonyl (C=O) groups excluding carboxylic acids is 1. The van der Waals surface area contributed by atoms with Gasteiger partial charge in [-0.15, -0.1) is 0 Å². The molecule has 1 saturated heterocycles. The molecule has 0 bridgehead atoms. The largest absolute Gasteiger partial charge is 0.395 e. The smallest absolute Gasteiger partial charge is 0.238 e. The lowest BCUT2D eigenvalue weighted by atomic mass is 10.1. The number of aliphatic hydroxyl groups is 1. The van der Waals surface area contributed by atoms with E-state index in [1.807, 2.05) is 31.3 Å². The summed E-state index contributed by atoms with van der Waals surface area (Å²) in [6.07, 6.45) is 0. The van der Waals surface area contributed by atoms with E-state index in [9.17, 15) is 4.79 Å². The summed E-state index contributed by atoms with van der Waals surface area (Å²) in [5.74, 6) is -0.0392.